The predicted octanol–water partition coefficient (Wildman–Crippen LogP) is 5.93. The highest BCUT2D eigenvalue weighted by atomic mass is 35.5. The molecule has 0 N–H and O–H groups in total. The lowest BCUT2D eigenvalue weighted by Gasteiger charge is -2.32. The molecule has 0 bridgehead atoms. The molecule has 0 aliphatic heterocycles. The van der Waals surface area contributed by atoms with E-state index in [1.54, 1.807) is 0 Å². The van der Waals surface area contributed by atoms with Crippen molar-refractivity contribution in [3.8, 4) is 5.75 Å². The number of alkyl halides is 1. The van der Waals surface area contributed by atoms with Gasteiger partial charge in [0.1, 0.15) is 11.9 Å². The number of halogens is 1. The standard InChI is InChI=1S/C19H23ClO/c1-2-14-7-4-6-10-18(14)21-19-12-11-15-8-3-5-9-16(15)17(19)13-20/h3,5,8-9,11-12,14,18H,2,4,6-7,10,13H2,1H3. The first-order chi connectivity index (χ1) is 10.3. The van der Waals surface area contributed by atoms with Gasteiger partial charge < -0.3 is 4.74 Å². The fourth-order valence-electron chi connectivity index (χ4n) is 3.52. The molecule has 2 aromatic carbocycles. The van der Waals surface area contributed by atoms with E-state index in [2.05, 4.69) is 43.3 Å². The van der Waals surface area contributed by atoms with Gasteiger partial charge in [-0.2, -0.15) is 0 Å². The molecule has 1 fully saturated rings. The van der Waals surface area contributed by atoms with Gasteiger partial charge in [0.05, 0.1) is 5.88 Å². The van der Waals surface area contributed by atoms with Gasteiger partial charge in [-0.15, -0.1) is 11.6 Å². The molecule has 0 aromatic heterocycles. The molecule has 1 aliphatic carbocycles. The SMILES string of the molecule is CCC1CCCCC1Oc1ccc2ccccc2c1CCl. The molecule has 1 aliphatic rings. The summed E-state index contributed by atoms with van der Waals surface area (Å²) in [6, 6.07) is 12.6. The summed E-state index contributed by atoms with van der Waals surface area (Å²) < 4.78 is 6.40. The van der Waals surface area contributed by atoms with Gasteiger partial charge in [0, 0.05) is 5.56 Å². The van der Waals surface area contributed by atoms with Crippen LogP contribution >= 0.6 is 11.6 Å². The number of hydrogen-bond donors (Lipinski definition) is 0. The highest BCUT2D eigenvalue weighted by molar-refractivity contribution is 6.18. The first kappa shape index (κ1) is 14.7. The molecule has 1 saturated carbocycles. The highest BCUT2D eigenvalue weighted by Crippen LogP contribution is 2.35. The molecule has 2 atom stereocenters. The van der Waals surface area contributed by atoms with Gasteiger partial charge in [-0.1, -0.05) is 43.7 Å². The van der Waals surface area contributed by atoms with Crippen LogP contribution in [-0.4, -0.2) is 6.10 Å². The van der Waals surface area contributed by atoms with E-state index in [-0.39, 0.29) is 0 Å². The van der Waals surface area contributed by atoms with Crippen molar-refractivity contribution < 1.29 is 4.74 Å². The van der Waals surface area contributed by atoms with Crippen LogP contribution in [0.25, 0.3) is 10.8 Å². The number of fused-ring (bicyclic) bond motifs is 1. The lowest BCUT2D eigenvalue weighted by molar-refractivity contribution is 0.0898. The predicted molar refractivity (Wildman–Crippen MR) is 90.2 cm³/mol. The van der Waals surface area contributed by atoms with Crippen molar-refractivity contribution in [2.24, 2.45) is 5.92 Å². The van der Waals surface area contributed by atoms with Gasteiger partial charge >= 0.3 is 0 Å². The molecule has 1 nitrogen and oxygen atoms in total. The van der Waals surface area contributed by atoms with Crippen LogP contribution in [-0.2, 0) is 5.88 Å². The van der Waals surface area contributed by atoms with Gasteiger partial charge in [0.2, 0.25) is 0 Å². The van der Waals surface area contributed by atoms with Crippen LogP contribution in [0.15, 0.2) is 36.4 Å². The normalized spacial score (nSPS) is 22.4. The van der Waals surface area contributed by atoms with Crippen molar-refractivity contribution in [3.05, 3.63) is 42.0 Å². The number of ether oxygens (including phenoxy) is 1. The highest BCUT2D eigenvalue weighted by Gasteiger charge is 2.26. The van der Waals surface area contributed by atoms with Crippen molar-refractivity contribution >= 4 is 22.4 Å². The summed E-state index contributed by atoms with van der Waals surface area (Å²) in [6.45, 7) is 2.27. The maximum atomic E-state index is 6.40. The zero-order chi connectivity index (χ0) is 14.7. The summed E-state index contributed by atoms with van der Waals surface area (Å²) in [5.74, 6) is 2.17. The molecule has 2 heteroatoms. The Labute approximate surface area is 132 Å². The Balaban J connectivity index is 1.92. The van der Waals surface area contributed by atoms with E-state index in [1.807, 2.05) is 0 Å². The van der Waals surface area contributed by atoms with Crippen molar-refractivity contribution in [2.75, 3.05) is 0 Å². The largest absolute Gasteiger partial charge is 0.490 e. The zero-order valence-electron chi connectivity index (χ0n) is 12.6. The number of benzene rings is 2. The molecule has 0 spiro atoms. The van der Waals surface area contributed by atoms with Crippen molar-refractivity contribution in [1.82, 2.24) is 0 Å². The first-order valence-electron chi connectivity index (χ1n) is 8.06. The Morgan fingerprint density at radius 1 is 1.10 bits per heavy atom. The van der Waals surface area contributed by atoms with Crippen LogP contribution in [0, 0.1) is 5.92 Å². The first-order valence-corrected chi connectivity index (χ1v) is 8.60. The average molecular weight is 303 g/mol. The lowest BCUT2D eigenvalue weighted by atomic mass is 9.84. The molecule has 0 saturated heterocycles. The van der Waals surface area contributed by atoms with Crippen molar-refractivity contribution in [2.45, 2.75) is 51.0 Å². The quantitative estimate of drug-likeness (QED) is 0.636. The maximum Gasteiger partial charge on any atom is 0.124 e. The summed E-state index contributed by atoms with van der Waals surface area (Å²) in [7, 11) is 0. The van der Waals surface area contributed by atoms with Crippen LogP contribution in [0.3, 0.4) is 0 Å². The van der Waals surface area contributed by atoms with Crippen molar-refractivity contribution in [3.63, 3.8) is 0 Å². The van der Waals surface area contributed by atoms with Crippen LogP contribution in [0.2, 0.25) is 0 Å². The molecule has 3 rings (SSSR count). The van der Waals surface area contributed by atoms with Gasteiger partial charge in [-0.05, 0) is 48.4 Å². The van der Waals surface area contributed by atoms with E-state index in [0.29, 0.717) is 17.9 Å². The molecule has 0 radical (unpaired) electrons. The second kappa shape index (κ2) is 6.70. The summed E-state index contributed by atoms with van der Waals surface area (Å²) >= 11 is 6.22. The second-order valence-corrected chi connectivity index (χ2v) is 6.27. The minimum Gasteiger partial charge on any atom is -0.490 e. The second-order valence-electron chi connectivity index (χ2n) is 6.01. The van der Waals surface area contributed by atoms with E-state index in [0.717, 1.165) is 11.3 Å². The minimum absolute atomic E-state index is 0.354. The molecule has 21 heavy (non-hydrogen) atoms. The summed E-state index contributed by atoms with van der Waals surface area (Å²) in [5.41, 5.74) is 1.13. The third kappa shape index (κ3) is 3.03. The van der Waals surface area contributed by atoms with Crippen LogP contribution in [0.5, 0.6) is 5.75 Å². The Kier molecular flexibility index (Phi) is 4.70. The number of hydrogen-bond acceptors (Lipinski definition) is 1. The molecule has 2 unspecified atom stereocenters. The smallest absolute Gasteiger partial charge is 0.124 e. The lowest BCUT2D eigenvalue weighted by Crippen LogP contribution is -2.30. The minimum atomic E-state index is 0.354. The number of rotatable bonds is 4. The zero-order valence-corrected chi connectivity index (χ0v) is 13.4. The molecular weight excluding hydrogens is 280 g/mol. The monoisotopic (exact) mass is 302 g/mol. The average Bonchev–Trinajstić information content (AvgIpc) is 2.55. The third-order valence-electron chi connectivity index (χ3n) is 4.77. The van der Waals surface area contributed by atoms with E-state index in [4.69, 9.17) is 16.3 Å². The molecule has 0 heterocycles. The summed E-state index contributed by atoms with van der Waals surface area (Å²) in [5, 5.41) is 2.45. The molecule has 2 aromatic rings. The van der Waals surface area contributed by atoms with E-state index < -0.39 is 0 Å². The van der Waals surface area contributed by atoms with E-state index in [1.165, 1.54) is 42.9 Å². The van der Waals surface area contributed by atoms with E-state index in [9.17, 15) is 0 Å². The summed E-state index contributed by atoms with van der Waals surface area (Å²) in [4.78, 5) is 0. The van der Waals surface area contributed by atoms with Gasteiger partial charge in [-0.3, -0.25) is 0 Å². The third-order valence-corrected chi connectivity index (χ3v) is 5.04. The topological polar surface area (TPSA) is 9.23 Å². The molecular formula is C19H23ClO. The fraction of sp³-hybridized carbons (Fsp3) is 0.474. The van der Waals surface area contributed by atoms with Crippen LogP contribution in [0.1, 0.15) is 44.6 Å². The fourth-order valence-corrected chi connectivity index (χ4v) is 3.80. The Bertz CT molecular complexity index is 608. The molecule has 0 amide bonds. The van der Waals surface area contributed by atoms with Crippen molar-refractivity contribution in [1.29, 1.82) is 0 Å². The molecule has 112 valence electrons. The Morgan fingerprint density at radius 2 is 1.90 bits per heavy atom. The Hall–Kier alpha value is -1.21. The van der Waals surface area contributed by atoms with Gasteiger partial charge in [0.15, 0.2) is 0 Å². The van der Waals surface area contributed by atoms with E-state index >= 15 is 0 Å². The summed E-state index contributed by atoms with van der Waals surface area (Å²) in [6.07, 6.45) is 6.66. The van der Waals surface area contributed by atoms with Crippen LogP contribution < -0.4 is 4.74 Å². The van der Waals surface area contributed by atoms with Gasteiger partial charge in [-0.25, -0.2) is 0 Å². The van der Waals surface area contributed by atoms with Gasteiger partial charge in [0.25, 0.3) is 0 Å². The Morgan fingerprint density at radius 3 is 2.71 bits per heavy atom. The maximum absolute atomic E-state index is 6.40. The van der Waals surface area contributed by atoms with Crippen LogP contribution in [0.4, 0.5) is 0 Å².